The lowest BCUT2D eigenvalue weighted by atomic mass is 9.88. The van der Waals surface area contributed by atoms with E-state index in [-0.39, 0.29) is 0 Å². The second kappa shape index (κ2) is 5.87. The minimum atomic E-state index is 0.662. The molecule has 3 nitrogen and oxygen atoms in total. The molecule has 1 aromatic heterocycles. The Bertz CT molecular complexity index is 381. The lowest BCUT2D eigenvalue weighted by Gasteiger charge is -2.34. The van der Waals surface area contributed by atoms with Crippen LogP contribution in [0.25, 0.3) is 0 Å². The number of piperidine rings is 1. The molecule has 0 saturated carbocycles. The van der Waals surface area contributed by atoms with Gasteiger partial charge in [-0.25, -0.2) is 4.98 Å². The maximum atomic E-state index is 5.87. The van der Waals surface area contributed by atoms with E-state index in [1.165, 1.54) is 50.2 Å². The summed E-state index contributed by atoms with van der Waals surface area (Å²) in [5, 5.41) is 3.65. The van der Waals surface area contributed by atoms with Gasteiger partial charge in [-0.05, 0) is 51.2 Å². The minimum Gasteiger partial charge on any atom is -0.314 e. The van der Waals surface area contributed by atoms with Crippen LogP contribution in [0.15, 0.2) is 6.20 Å². The van der Waals surface area contributed by atoms with Crippen LogP contribution in [0.2, 0.25) is 4.47 Å². The smallest absolute Gasteiger partial charge is 0.183 e. The molecule has 18 heavy (non-hydrogen) atoms. The van der Waals surface area contributed by atoms with Crippen molar-refractivity contribution in [1.82, 2.24) is 15.2 Å². The van der Waals surface area contributed by atoms with E-state index in [0.29, 0.717) is 4.47 Å². The van der Waals surface area contributed by atoms with E-state index in [1.54, 1.807) is 11.3 Å². The highest BCUT2D eigenvalue weighted by atomic mass is 35.5. The SMILES string of the molecule is Clc1ncc(CN2CCC(C3CCCN3)CC2)s1. The number of nitrogens with zero attached hydrogens (tertiary/aromatic N) is 2. The van der Waals surface area contributed by atoms with Crippen molar-refractivity contribution in [2.45, 2.75) is 38.3 Å². The van der Waals surface area contributed by atoms with Crippen molar-refractivity contribution in [2.75, 3.05) is 19.6 Å². The largest absolute Gasteiger partial charge is 0.314 e. The second-order valence-corrected chi connectivity index (χ2v) is 7.09. The van der Waals surface area contributed by atoms with Crippen molar-refractivity contribution in [3.05, 3.63) is 15.5 Å². The third-order valence-electron chi connectivity index (χ3n) is 4.20. The molecule has 2 aliphatic heterocycles. The van der Waals surface area contributed by atoms with Gasteiger partial charge < -0.3 is 5.32 Å². The molecule has 0 radical (unpaired) electrons. The highest BCUT2D eigenvalue weighted by Crippen LogP contribution is 2.27. The van der Waals surface area contributed by atoms with Gasteiger partial charge in [0.1, 0.15) is 0 Å². The molecule has 3 rings (SSSR count). The first-order valence-corrected chi connectivity index (χ1v) is 8.06. The average molecular weight is 286 g/mol. The summed E-state index contributed by atoms with van der Waals surface area (Å²) >= 11 is 7.48. The first-order valence-electron chi connectivity index (χ1n) is 6.87. The number of nitrogens with one attached hydrogen (secondary N) is 1. The molecular weight excluding hydrogens is 266 g/mol. The van der Waals surface area contributed by atoms with Gasteiger partial charge in [0.15, 0.2) is 4.47 Å². The molecule has 2 fully saturated rings. The van der Waals surface area contributed by atoms with Crippen LogP contribution in [0.3, 0.4) is 0 Å². The molecule has 100 valence electrons. The zero-order valence-electron chi connectivity index (χ0n) is 10.6. The Labute approximate surface area is 118 Å². The Balaban J connectivity index is 1.47. The Morgan fingerprint density at radius 3 is 2.83 bits per heavy atom. The first kappa shape index (κ1) is 12.9. The van der Waals surface area contributed by atoms with Crippen molar-refractivity contribution < 1.29 is 0 Å². The summed E-state index contributed by atoms with van der Waals surface area (Å²) in [6.45, 7) is 4.69. The molecule has 2 saturated heterocycles. The van der Waals surface area contributed by atoms with Gasteiger partial charge in [0.2, 0.25) is 0 Å². The Hall–Kier alpha value is -0.160. The minimum absolute atomic E-state index is 0.662. The molecular formula is C13H20ClN3S. The number of hydrogen-bond donors (Lipinski definition) is 1. The van der Waals surface area contributed by atoms with Crippen molar-refractivity contribution in [3.63, 3.8) is 0 Å². The van der Waals surface area contributed by atoms with Crippen molar-refractivity contribution >= 4 is 22.9 Å². The second-order valence-electron chi connectivity index (χ2n) is 5.40. The predicted molar refractivity (Wildman–Crippen MR) is 76.1 cm³/mol. The fourth-order valence-electron chi connectivity index (χ4n) is 3.20. The van der Waals surface area contributed by atoms with Gasteiger partial charge in [0.05, 0.1) is 0 Å². The molecule has 1 N–H and O–H groups in total. The summed E-state index contributed by atoms with van der Waals surface area (Å²) in [5.74, 6) is 0.897. The van der Waals surface area contributed by atoms with Gasteiger partial charge in [-0.15, -0.1) is 11.3 Å². The van der Waals surface area contributed by atoms with E-state index in [9.17, 15) is 0 Å². The summed E-state index contributed by atoms with van der Waals surface area (Å²) in [7, 11) is 0. The topological polar surface area (TPSA) is 28.2 Å². The van der Waals surface area contributed by atoms with E-state index in [1.807, 2.05) is 6.20 Å². The van der Waals surface area contributed by atoms with Gasteiger partial charge in [-0.3, -0.25) is 4.90 Å². The third-order valence-corrected chi connectivity index (χ3v) is 5.30. The lowest BCUT2D eigenvalue weighted by molar-refractivity contribution is 0.158. The van der Waals surface area contributed by atoms with Crippen LogP contribution in [0, 0.1) is 5.92 Å². The Kier molecular flexibility index (Phi) is 4.19. The lowest BCUT2D eigenvalue weighted by Crippen LogP contribution is -2.40. The van der Waals surface area contributed by atoms with Gasteiger partial charge in [0.25, 0.3) is 0 Å². The highest BCUT2D eigenvalue weighted by Gasteiger charge is 2.28. The van der Waals surface area contributed by atoms with Crippen molar-refractivity contribution in [3.8, 4) is 0 Å². The van der Waals surface area contributed by atoms with Gasteiger partial charge in [0, 0.05) is 23.7 Å². The van der Waals surface area contributed by atoms with Crippen molar-refractivity contribution in [2.24, 2.45) is 5.92 Å². The van der Waals surface area contributed by atoms with Crippen LogP contribution < -0.4 is 5.32 Å². The van der Waals surface area contributed by atoms with Gasteiger partial charge in [-0.2, -0.15) is 0 Å². The number of aromatic nitrogens is 1. The molecule has 0 spiro atoms. The van der Waals surface area contributed by atoms with E-state index < -0.39 is 0 Å². The quantitative estimate of drug-likeness (QED) is 0.926. The van der Waals surface area contributed by atoms with Gasteiger partial charge >= 0.3 is 0 Å². The normalized spacial score (nSPS) is 26.8. The molecule has 1 atom stereocenters. The van der Waals surface area contributed by atoms with E-state index in [0.717, 1.165) is 18.5 Å². The standard InChI is InChI=1S/C13H20ClN3S/c14-13-16-8-11(18-13)9-17-6-3-10(4-7-17)12-2-1-5-15-12/h8,10,12,15H,1-7,9H2. The number of thiazole rings is 1. The fourth-order valence-corrected chi connectivity index (χ4v) is 4.22. The molecule has 3 heterocycles. The van der Waals surface area contributed by atoms with Crippen LogP contribution in [-0.2, 0) is 6.54 Å². The van der Waals surface area contributed by atoms with E-state index in [4.69, 9.17) is 11.6 Å². The van der Waals surface area contributed by atoms with Gasteiger partial charge in [-0.1, -0.05) is 11.6 Å². The zero-order chi connectivity index (χ0) is 12.4. The molecule has 1 unspecified atom stereocenters. The van der Waals surface area contributed by atoms with Crippen LogP contribution in [0.1, 0.15) is 30.6 Å². The summed E-state index contributed by atoms with van der Waals surface area (Å²) in [6, 6.07) is 0.796. The number of hydrogen-bond acceptors (Lipinski definition) is 4. The number of likely N-dealkylation sites (tertiary alicyclic amines) is 1. The molecule has 5 heteroatoms. The third kappa shape index (κ3) is 3.05. The molecule has 1 aromatic rings. The van der Waals surface area contributed by atoms with Crippen LogP contribution in [0.5, 0.6) is 0 Å². The summed E-state index contributed by atoms with van der Waals surface area (Å²) in [4.78, 5) is 7.93. The fraction of sp³-hybridized carbons (Fsp3) is 0.769. The number of rotatable bonds is 3. The first-order chi connectivity index (χ1) is 8.81. The maximum Gasteiger partial charge on any atom is 0.183 e. The van der Waals surface area contributed by atoms with Crippen LogP contribution in [-0.4, -0.2) is 35.6 Å². The monoisotopic (exact) mass is 285 g/mol. The van der Waals surface area contributed by atoms with Crippen molar-refractivity contribution in [1.29, 1.82) is 0 Å². The summed E-state index contributed by atoms with van der Waals surface area (Å²) < 4.78 is 0.662. The molecule has 0 aromatic carbocycles. The Morgan fingerprint density at radius 1 is 1.39 bits per heavy atom. The van der Waals surface area contributed by atoms with E-state index in [2.05, 4.69) is 15.2 Å². The zero-order valence-corrected chi connectivity index (χ0v) is 12.1. The molecule has 0 aliphatic carbocycles. The molecule has 0 amide bonds. The Morgan fingerprint density at radius 2 is 2.22 bits per heavy atom. The summed E-state index contributed by atoms with van der Waals surface area (Å²) in [5.41, 5.74) is 0. The summed E-state index contributed by atoms with van der Waals surface area (Å²) in [6.07, 6.45) is 7.34. The number of halogens is 1. The maximum absolute atomic E-state index is 5.87. The average Bonchev–Trinajstić information content (AvgIpc) is 3.02. The molecule has 0 bridgehead atoms. The predicted octanol–water partition coefficient (Wildman–Crippen LogP) is 2.76. The van der Waals surface area contributed by atoms with Crippen LogP contribution >= 0.6 is 22.9 Å². The highest BCUT2D eigenvalue weighted by molar-refractivity contribution is 7.15. The van der Waals surface area contributed by atoms with E-state index >= 15 is 0 Å². The van der Waals surface area contributed by atoms with Crippen LogP contribution in [0.4, 0.5) is 0 Å². The molecule has 2 aliphatic rings.